The van der Waals surface area contributed by atoms with Crippen molar-refractivity contribution in [1.29, 1.82) is 0 Å². The number of likely N-dealkylation sites (tertiary alicyclic amines) is 1. The monoisotopic (exact) mass is 571 g/mol. The fourth-order valence-electron chi connectivity index (χ4n) is 5.63. The lowest BCUT2D eigenvalue weighted by Crippen LogP contribution is -2.29. The summed E-state index contributed by atoms with van der Waals surface area (Å²) in [6.07, 6.45) is 4.77. The summed E-state index contributed by atoms with van der Waals surface area (Å²) >= 11 is 6.58. The van der Waals surface area contributed by atoms with Crippen LogP contribution in [0.4, 0.5) is 0 Å². The van der Waals surface area contributed by atoms with Gasteiger partial charge < -0.3 is 9.64 Å². The number of benzene rings is 2. The topological polar surface area (TPSA) is 124 Å². The number of hydrogen-bond acceptors (Lipinski definition) is 8. The molecule has 0 amide bonds. The average Bonchev–Trinajstić information content (AvgIpc) is 3.31. The average molecular weight is 572 g/mol. The number of ether oxygens (including phenoxy) is 1. The number of fused-ring (bicyclic) bond motifs is 1. The normalized spacial score (nSPS) is 17.9. The lowest BCUT2D eigenvalue weighted by Gasteiger charge is -2.31. The molecule has 1 atom stereocenters. The van der Waals surface area contributed by atoms with Gasteiger partial charge in [0, 0.05) is 17.5 Å². The largest absolute Gasteiger partial charge is 0.489 e. The Labute approximate surface area is 236 Å². The smallest absolute Gasteiger partial charge is 0.181 e. The molecule has 1 saturated heterocycles. The van der Waals surface area contributed by atoms with E-state index in [0.29, 0.717) is 28.0 Å². The van der Waals surface area contributed by atoms with E-state index in [-0.39, 0.29) is 11.0 Å². The van der Waals surface area contributed by atoms with Gasteiger partial charge in [0.1, 0.15) is 11.9 Å². The molecule has 2 aromatic carbocycles. The Hall–Kier alpha value is -2.56. The molecule has 1 unspecified atom stereocenters. The molecular formula is C29H38ClN5O3S. The van der Waals surface area contributed by atoms with Crippen molar-refractivity contribution >= 4 is 21.4 Å². The van der Waals surface area contributed by atoms with Crippen molar-refractivity contribution < 1.29 is 13.2 Å². The van der Waals surface area contributed by atoms with Crippen LogP contribution in [0.2, 0.25) is 5.02 Å². The molecule has 2 aliphatic rings. The van der Waals surface area contributed by atoms with E-state index >= 15 is 0 Å². The Balaban J connectivity index is 0.00000172. The maximum atomic E-state index is 13.1. The standard InChI is InChI=1S/C29H34ClN3O3S.H4N2/c1-17(2)37(34,35)25-9-7-6-8-21(25)27-24(30)16-31-29(32-27)23-14-18(3)26(20-10-12-33(5)13-11-20)22-15-19(4)36-28(22)23;1-2/h6-9,14,16-17,19-20H,10-13,15H2,1-5H3;1-2H2. The van der Waals surface area contributed by atoms with Gasteiger partial charge >= 0.3 is 0 Å². The number of aromatic nitrogens is 2. The number of sulfone groups is 1. The third kappa shape index (κ3) is 5.69. The molecule has 5 rings (SSSR count). The van der Waals surface area contributed by atoms with Gasteiger partial charge in [-0.25, -0.2) is 18.4 Å². The zero-order valence-electron chi connectivity index (χ0n) is 23.2. The molecule has 3 heterocycles. The van der Waals surface area contributed by atoms with Crippen LogP contribution < -0.4 is 16.4 Å². The summed E-state index contributed by atoms with van der Waals surface area (Å²) in [6, 6.07) is 9.03. The van der Waals surface area contributed by atoms with Crippen LogP contribution in [0.1, 0.15) is 56.2 Å². The number of hydrazine groups is 1. The zero-order valence-corrected chi connectivity index (χ0v) is 24.8. The minimum Gasteiger partial charge on any atom is -0.489 e. The Morgan fingerprint density at radius 1 is 1.13 bits per heavy atom. The summed E-state index contributed by atoms with van der Waals surface area (Å²) in [5, 5.41) is -0.262. The maximum Gasteiger partial charge on any atom is 0.181 e. The van der Waals surface area contributed by atoms with Crippen LogP contribution in [-0.2, 0) is 16.3 Å². The molecule has 0 saturated carbocycles. The molecule has 210 valence electrons. The Morgan fingerprint density at radius 2 is 1.79 bits per heavy atom. The van der Waals surface area contributed by atoms with Gasteiger partial charge in [-0.3, -0.25) is 11.7 Å². The first-order valence-corrected chi connectivity index (χ1v) is 15.2. The van der Waals surface area contributed by atoms with Gasteiger partial charge in [0.25, 0.3) is 0 Å². The maximum absolute atomic E-state index is 13.1. The molecule has 1 fully saturated rings. The SMILES string of the molecule is Cc1cc(-c2ncc(Cl)c(-c3ccccc3S(=O)(=O)C(C)C)n2)c2c(c1C1CCN(C)CC1)CC(C)O2.NN. The first kappa shape index (κ1) is 29.4. The van der Waals surface area contributed by atoms with Crippen molar-refractivity contribution in [3.8, 4) is 28.4 Å². The molecule has 10 heteroatoms. The first-order chi connectivity index (χ1) is 18.6. The first-order valence-electron chi connectivity index (χ1n) is 13.3. The van der Waals surface area contributed by atoms with Crippen LogP contribution in [-0.4, -0.2) is 54.8 Å². The highest BCUT2D eigenvalue weighted by atomic mass is 35.5. The Morgan fingerprint density at radius 3 is 2.46 bits per heavy atom. The van der Waals surface area contributed by atoms with Gasteiger partial charge in [0.05, 0.1) is 32.6 Å². The highest BCUT2D eigenvalue weighted by molar-refractivity contribution is 7.92. The molecule has 0 bridgehead atoms. The molecule has 0 radical (unpaired) electrons. The molecule has 0 spiro atoms. The predicted molar refractivity (Wildman–Crippen MR) is 157 cm³/mol. The van der Waals surface area contributed by atoms with E-state index < -0.39 is 15.1 Å². The van der Waals surface area contributed by atoms with Crippen molar-refractivity contribution in [3.63, 3.8) is 0 Å². The number of nitrogens with two attached hydrogens (primary N) is 2. The summed E-state index contributed by atoms with van der Waals surface area (Å²) in [5.41, 5.74) is 5.62. The van der Waals surface area contributed by atoms with E-state index in [4.69, 9.17) is 21.3 Å². The van der Waals surface area contributed by atoms with Gasteiger partial charge in [0.2, 0.25) is 0 Å². The number of halogens is 1. The van der Waals surface area contributed by atoms with E-state index in [2.05, 4.69) is 48.5 Å². The molecule has 4 N–H and O–H groups in total. The minimum atomic E-state index is -3.54. The van der Waals surface area contributed by atoms with Gasteiger partial charge in [-0.1, -0.05) is 29.8 Å². The summed E-state index contributed by atoms with van der Waals surface area (Å²) < 4.78 is 32.6. The van der Waals surface area contributed by atoms with E-state index in [1.165, 1.54) is 16.7 Å². The van der Waals surface area contributed by atoms with E-state index in [0.717, 1.165) is 43.7 Å². The van der Waals surface area contributed by atoms with Crippen LogP contribution in [0.25, 0.3) is 22.6 Å². The molecule has 1 aromatic heterocycles. The fraction of sp³-hybridized carbons (Fsp3) is 0.448. The van der Waals surface area contributed by atoms with Gasteiger partial charge in [0.15, 0.2) is 15.7 Å². The number of rotatable bonds is 5. The second-order valence-electron chi connectivity index (χ2n) is 10.7. The molecule has 8 nitrogen and oxygen atoms in total. The van der Waals surface area contributed by atoms with Gasteiger partial charge in [-0.05, 0) is 89.9 Å². The number of aryl methyl sites for hydroxylation is 1. The van der Waals surface area contributed by atoms with Crippen molar-refractivity contribution in [2.75, 3.05) is 20.1 Å². The third-order valence-electron chi connectivity index (χ3n) is 7.62. The second-order valence-corrected chi connectivity index (χ2v) is 13.5. The predicted octanol–water partition coefficient (Wildman–Crippen LogP) is 4.91. The molecule has 3 aromatic rings. The van der Waals surface area contributed by atoms with Crippen molar-refractivity contribution in [3.05, 3.63) is 58.2 Å². The number of hydrogen-bond donors (Lipinski definition) is 2. The second kappa shape index (κ2) is 11.9. The van der Waals surface area contributed by atoms with Gasteiger partial charge in [-0.15, -0.1) is 0 Å². The van der Waals surface area contributed by atoms with Crippen LogP contribution in [0, 0.1) is 6.92 Å². The summed E-state index contributed by atoms with van der Waals surface area (Å²) in [4.78, 5) is 12.0. The molecule has 39 heavy (non-hydrogen) atoms. The van der Waals surface area contributed by atoms with Crippen LogP contribution >= 0.6 is 11.6 Å². The van der Waals surface area contributed by atoms with Crippen molar-refractivity contribution in [1.82, 2.24) is 14.9 Å². The summed E-state index contributed by atoms with van der Waals surface area (Å²) in [6.45, 7) is 9.81. The van der Waals surface area contributed by atoms with Crippen LogP contribution in [0.15, 0.2) is 41.4 Å². The summed E-state index contributed by atoms with van der Waals surface area (Å²) in [5.74, 6) is 9.85. The Bertz CT molecular complexity index is 1450. The van der Waals surface area contributed by atoms with E-state index in [9.17, 15) is 8.42 Å². The quantitative estimate of drug-likeness (QED) is 0.327. The Kier molecular flexibility index (Phi) is 8.98. The molecule has 2 aliphatic heterocycles. The number of nitrogens with zero attached hydrogens (tertiary/aromatic N) is 3. The van der Waals surface area contributed by atoms with E-state index in [1.54, 1.807) is 44.3 Å². The molecular weight excluding hydrogens is 534 g/mol. The summed E-state index contributed by atoms with van der Waals surface area (Å²) in [7, 11) is -1.36. The lowest BCUT2D eigenvalue weighted by molar-refractivity contribution is 0.254. The third-order valence-corrected chi connectivity index (χ3v) is 10.1. The van der Waals surface area contributed by atoms with E-state index in [1.807, 2.05) is 0 Å². The fourth-order valence-corrected chi connectivity index (χ4v) is 7.07. The van der Waals surface area contributed by atoms with Gasteiger partial charge in [-0.2, -0.15) is 0 Å². The van der Waals surface area contributed by atoms with Crippen molar-refractivity contribution in [2.45, 2.75) is 69.1 Å². The molecule has 0 aliphatic carbocycles. The zero-order chi connectivity index (χ0) is 28.5. The van der Waals surface area contributed by atoms with Crippen LogP contribution in [0.3, 0.4) is 0 Å². The lowest BCUT2D eigenvalue weighted by atomic mass is 9.82. The highest BCUT2D eigenvalue weighted by Gasteiger charge is 2.33. The minimum absolute atomic E-state index is 0.0734. The van der Waals surface area contributed by atoms with Crippen LogP contribution in [0.5, 0.6) is 5.75 Å². The number of piperidine rings is 1. The van der Waals surface area contributed by atoms with Crippen molar-refractivity contribution in [2.24, 2.45) is 11.7 Å². The highest BCUT2D eigenvalue weighted by Crippen LogP contribution is 2.46.